The second-order valence-electron chi connectivity index (χ2n) is 6.70. The van der Waals surface area contributed by atoms with Crippen LogP contribution >= 0.6 is 0 Å². The Balaban J connectivity index is 2.21. The highest BCUT2D eigenvalue weighted by Gasteiger charge is 2.27. The number of allylic oxidation sites excluding steroid dienone is 4. The maximum atomic E-state index is 3.98. The molecule has 1 aliphatic carbocycles. The molecule has 0 N–H and O–H groups in total. The van der Waals surface area contributed by atoms with Gasteiger partial charge in [0.15, 0.2) is 0 Å². The van der Waals surface area contributed by atoms with E-state index in [1.54, 1.807) is 0 Å². The minimum absolute atomic E-state index is 0.280. The van der Waals surface area contributed by atoms with Gasteiger partial charge in [-0.25, -0.2) is 0 Å². The van der Waals surface area contributed by atoms with E-state index >= 15 is 0 Å². The molecule has 1 saturated heterocycles. The molecule has 2 aliphatic rings. The lowest BCUT2D eigenvalue weighted by atomic mass is 9.78. The molecule has 106 valence electrons. The summed E-state index contributed by atoms with van der Waals surface area (Å²) in [6, 6.07) is 0. The van der Waals surface area contributed by atoms with Crippen LogP contribution in [0.25, 0.3) is 0 Å². The van der Waals surface area contributed by atoms with Crippen LogP contribution in [0.3, 0.4) is 0 Å². The van der Waals surface area contributed by atoms with Crippen molar-refractivity contribution in [2.24, 2.45) is 11.3 Å². The van der Waals surface area contributed by atoms with Gasteiger partial charge in [0.2, 0.25) is 0 Å². The SMILES string of the molecule is C=CC(C)C1=CC(C)(C)CC=C1N1CCN(C)CC1. The van der Waals surface area contributed by atoms with Crippen molar-refractivity contribution in [3.8, 4) is 0 Å². The number of hydrogen-bond acceptors (Lipinski definition) is 2. The number of nitrogens with zero attached hydrogens (tertiary/aromatic N) is 2. The lowest BCUT2D eigenvalue weighted by Gasteiger charge is -2.40. The number of hydrogen-bond donors (Lipinski definition) is 0. The highest BCUT2D eigenvalue weighted by atomic mass is 15.3. The van der Waals surface area contributed by atoms with Crippen LogP contribution in [0.5, 0.6) is 0 Å². The summed E-state index contributed by atoms with van der Waals surface area (Å²) in [5.41, 5.74) is 3.21. The first-order chi connectivity index (χ1) is 8.93. The molecule has 0 aromatic rings. The van der Waals surface area contributed by atoms with Crippen LogP contribution in [-0.2, 0) is 0 Å². The molecule has 1 unspecified atom stereocenters. The van der Waals surface area contributed by atoms with Gasteiger partial charge < -0.3 is 9.80 Å². The Hall–Kier alpha value is -1.02. The molecule has 0 radical (unpaired) electrons. The Kier molecular flexibility index (Phi) is 4.19. The molecule has 2 nitrogen and oxygen atoms in total. The smallest absolute Gasteiger partial charge is 0.0362 e. The van der Waals surface area contributed by atoms with Gasteiger partial charge in [-0.2, -0.15) is 0 Å². The Morgan fingerprint density at radius 1 is 1.26 bits per heavy atom. The molecule has 1 heterocycles. The van der Waals surface area contributed by atoms with Gasteiger partial charge in [0.25, 0.3) is 0 Å². The summed E-state index contributed by atoms with van der Waals surface area (Å²) < 4.78 is 0. The molecule has 1 aliphatic heterocycles. The van der Waals surface area contributed by atoms with Gasteiger partial charge in [-0.15, -0.1) is 6.58 Å². The third kappa shape index (κ3) is 3.30. The van der Waals surface area contributed by atoms with Crippen molar-refractivity contribution in [1.29, 1.82) is 0 Å². The Bertz CT molecular complexity index is 395. The second kappa shape index (κ2) is 5.54. The molecule has 0 amide bonds. The average Bonchev–Trinajstić information content (AvgIpc) is 2.38. The van der Waals surface area contributed by atoms with E-state index < -0.39 is 0 Å². The molecule has 0 bridgehead atoms. The summed E-state index contributed by atoms with van der Waals surface area (Å²) in [6.45, 7) is 15.5. The first-order valence-electron chi connectivity index (χ1n) is 7.42. The Morgan fingerprint density at radius 2 is 1.89 bits per heavy atom. The molecule has 0 aromatic heterocycles. The van der Waals surface area contributed by atoms with Crippen LogP contribution in [-0.4, -0.2) is 43.0 Å². The van der Waals surface area contributed by atoms with E-state index in [4.69, 9.17) is 0 Å². The van der Waals surface area contributed by atoms with Crippen LogP contribution in [0, 0.1) is 11.3 Å². The standard InChI is InChI=1S/C17H28N2/c1-6-14(2)15-13-17(3,4)8-7-16(15)19-11-9-18(5)10-12-19/h6-7,13-14H,1,8-12H2,2-5H3. The normalized spacial score (nSPS) is 25.6. The zero-order valence-corrected chi connectivity index (χ0v) is 12.9. The Labute approximate surface area is 118 Å². The first kappa shape index (κ1) is 14.4. The average molecular weight is 260 g/mol. The van der Waals surface area contributed by atoms with Crippen LogP contribution in [0.15, 0.2) is 36.1 Å². The van der Waals surface area contributed by atoms with E-state index in [1.165, 1.54) is 11.3 Å². The lowest BCUT2D eigenvalue weighted by molar-refractivity contribution is 0.185. The molecule has 0 spiro atoms. The number of piperazine rings is 1. The summed E-state index contributed by atoms with van der Waals surface area (Å²) in [4.78, 5) is 4.96. The maximum absolute atomic E-state index is 3.98. The van der Waals surface area contributed by atoms with Crippen LogP contribution < -0.4 is 0 Å². The van der Waals surface area contributed by atoms with Crippen LogP contribution in [0.4, 0.5) is 0 Å². The highest BCUT2D eigenvalue weighted by Crippen LogP contribution is 2.37. The van der Waals surface area contributed by atoms with Crippen LogP contribution in [0.1, 0.15) is 27.2 Å². The monoisotopic (exact) mass is 260 g/mol. The van der Waals surface area contributed by atoms with E-state index in [0.717, 1.165) is 32.6 Å². The van der Waals surface area contributed by atoms with Crippen molar-refractivity contribution in [2.45, 2.75) is 27.2 Å². The molecule has 1 fully saturated rings. The largest absolute Gasteiger partial charge is 0.369 e. The molecule has 2 heteroatoms. The third-order valence-electron chi connectivity index (χ3n) is 4.35. The first-order valence-corrected chi connectivity index (χ1v) is 7.42. The number of rotatable bonds is 3. The van der Waals surface area contributed by atoms with E-state index in [1.807, 2.05) is 0 Å². The van der Waals surface area contributed by atoms with Crippen molar-refractivity contribution in [3.63, 3.8) is 0 Å². The van der Waals surface area contributed by atoms with Gasteiger partial charge in [-0.1, -0.05) is 39.0 Å². The zero-order valence-electron chi connectivity index (χ0n) is 12.9. The molecular weight excluding hydrogens is 232 g/mol. The molecule has 0 saturated carbocycles. The third-order valence-corrected chi connectivity index (χ3v) is 4.35. The fourth-order valence-electron chi connectivity index (χ4n) is 2.88. The van der Waals surface area contributed by atoms with E-state index in [0.29, 0.717) is 5.92 Å². The molecule has 19 heavy (non-hydrogen) atoms. The van der Waals surface area contributed by atoms with E-state index in [9.17, 15) is 0 Å². The van der Waals surface area contributed by atoms with Gasteiger partial charge in [-0.3, -0.25) is 0 Å². The molecule has 1 atom stereocenters. The topological polar surface area (TPSA) is 6.48 Å². The highest BCUT2D eigenvalue weighted by molar-refractivity contribution is 5.38. The lowest BCUT2D eigenvalue weighted by Crippen LogP contribution is -2.44. The molecule has 2 rings (SSSR count). The fourth-order valence-corrected chi connectivity index (χ4v) is 2.88. The summed E-state index contributed by atoms with van der Waals surface area (Å²) in [6.07, 6.45) is 8.12. The summed E-state index contributed by atoms with van der Waals surface area (Å²) >= 11 is 0. The van der Waals surface area contributed by atoms with Crippen LogP contribution in [0.2, 0.25) is 0 Å². The second-order valence-corrected chi connectivity index (χ2v) is 6.70. The number of likely N-dealkylation sites (N-methyl/N-ethyl adjacent to an activating group) is 1. The van der Waals surface area contributed by atoms with Crippen molar-refractivity contribution >= 4 is 0 Å². The summed E-state index contributed by atoms with van der Waals surface area (Å²) in [7, 11) is 2.21. The zero-order chi connectivity index (χ0) is 14.0. The van der Waals surface area contributed by atoms with Crippen molar-refractivity contribution in [1.82, 2.24) is 9.80 Å². The fraction of sp³-hybridized carbons (Fsp3) is 0.647. The van der Waals surface area contributed by atoms with Gasteiger partial charge in [0.05, 0.1) is 0 Å². The summed E-state index contributed by atoms with van der Waals surface area (Å²) in [5, 5.41) is 0. The minimum Gasteiger partial charge on any atom is -0.369 e. The predicted octanol–water partition coefficient (Wildman–Crippen LogP) is 3.30. The molecule has 0 aromatic carbocycles. The molecular formula is C17H28N2. The minimum atomic E-state index is 0.280. The van der Waals surface area contributed by atoms with Gasteiger partial charge in [-0.05, 0) is 24.5 Å². The predicted molar refractivity (Wildman–Crippen MR) is 83.0 cm³/mol. The van der Waals surface area contributed by atoms with Crippen molar-refractivity contribution < 1.29 is 0 Å². The van der Waals surface area contributed by atoms with Gasteiger partial charge >= 0.3 is 0 Å². The van der Waals surface area contributed by atoms with E-state index in [2.05, 4.69) is 62.4 Å². The van der Waals surface area contributed by atoms with E-state index in [-0.39, 0.29) is 5.41 Å². The summed E-state index contributed by atoms with van der Waals surface area (Å²) in [5.74, 6) is 0.436. The Morgan fingerprint density at radius 3 is 2.47 bits per heavy atom. The van der Waals surface area contributed by atoms with Gasteiger partial charge in [0, 0.05) is 37.8 Å². The quantitative estimate of drug-likeness (QED) is 0.718. The maximum Gasteiger partial charge on any atom is 0.0362 e. The van der Waals surface area contributed by atoms with Crippen molar-refractivity contribution in [3.05, 3.63) is 36.1 Å². The van der Waals surface area contributed by atoms with Crippen molar-refractivity contribution in [2.75, 3.05) is 33.2 Å². The van der Waals surface area contributed by atoms with Gasteiger partial charge in [0.1, 0.15) is 0 Å².